The van der Waals surface area contributed by atoms with Gasteiger partial charge in [0.1, 0.15) is 5.82 Å². The zero-order chi connectivity index (χ0) is 21.5. The van der Waals surface area contributed by atoms with E-state index in [2.05, 4.69) is 25.6 Å². The third-order valence-electron chi connectivity index (χ3n) is 3.99. The Hall–Kier alpha value is -3.77. The van der Waals surface area contributed by atoms with E-state index in [9.17, 15) is 9.18 Å². The maximum absolute atomic E-state index is 14.2. The number of nitrogens with zero attached hydrogens (tertiary/aromatic N) is 4. The average molecular weight is 427 g/mol. The first kappa shape index (κ1) is 21.0. The molecule has 0 bridgehead atoms. The zero-order valence-corrected chi connectivity index (χ0v) is 16.6. The number of amides is 1. The predicted molar refractivity (Wildman–Crippen MR) is 109 cm³/mol. The fraction of sp³-hybridized carbons (Fsp3) is 0.150. The van der Waals surface area contributed by atoms with Gasteiger partial charge in [0.15, 0.2) is 17.4 Å². The molecule has 3 aromatic rings. The van der Waals surface area contributed by atoms with Gasteiger partial charge in [0, 0.05) is 24.0 Å². The summed E-state index contributed by atoms with van der Waals surface area (Å²) < 4.78 is 19.5. The number of benzene rings is 1. The Kier molecular flexibility index (Phi) is 6.72. The largest absolute Gasteiger partial charge is 0.491 e. The molecule has 0 aliphatic carbocycles. The van der Waals surface area contributed by atoms with Crippen LogP contribution in [0.15, 0.2) is 42.9 Å². The molecule has 3 rings (SSSR count). The Balaban J connectivity index is 1.96. The van der Waals surface area contributed by atoms with Gasteiger partial charge in [0.25, 0.3) is 5.91 Å². The van der Waals surface area contributed by atoms with E-state index in [-0.39, 0.29) is 41.5 Å². The lowest BCUT2D eigenvalue weighted by Crippen LogP contribution is -2.25. The second-order valence-electron chi connectivity index (χ2n) is 5.95. The van der Waals surface area contributed by atoms with Gasteiger partial charge in [-0.05, 0) is 24.3 Å². The van der Waals surface area contributed by atoms with Crippen molar-refractivity contribution in [2.75, 3.05) is 19.0 Å². The van der Waals surface area contributed by atoms with Crippen LogP contribution in [-0.4, -0.2) is 34.5 Å². The topological polar surface area (TPSA) is 113 Å². The van der Waals surface area contributed by atoms with E-state index in [1.54, 1.807) is 6.07 Å². The smallest absolute Gasteiger partial charge is 0.255 e. The number of pyridine rings is 1. The van der Waals surface area contributed by atoms with Crippen molar-refractivity contribution in [2.24, 2.45) is 0 Å². The first-order valence-electron chi connectivity index (χ1n) is 8.76. The maximum Gasteiger partial charge on any atom is 0.255 e. The second-order valence-corrected chi connectivity index (χ2v) is 6.38. The van der Waals surface area contributed by atoms with Crippen molar-refractivity contribution >= 4 is 29.0 Å². The van der Waals surface area contributed by atoms with Gasteiger partial charge in [-0.15, -0.1) is 0 Å². The lowest BCUT2D eigenvalue weighted by Gasteiger charge is -2.14. The van der Waals surface area contributed by atoms with E-state index >= 15 is 0 Å². The summed E-state index contributed by atoms with van der Waals surface area (Å²) in [6.45, 7) is 0.207. The molecule has 2 N–H and O–H groups in total. The fourth-order valence-electron chi connectivity index (χ4n) is 2.55. The number of anilines is 2. The number of ether oxygens (including phenoxy) is 1. The minimum atomic E-state index is -0.531. The molecule has 8 nitrogen and oxygen atoms in total. The van der Waals surface area contributed by atoms with Gasteiger partial charge in [0.05, 0.1) is 42.6 Å². The molecular formula is C20H16ClFN6O2. The van der Waals surface area contributed by atoms with Gasteiger partial charge in [-0.25, -0.2) is 14.4 Å². The van der Waals surface area contributed by atoms with E-state index in [1.807, 2.05) is 6.07 Å². The van der Waals surface area contributed by atoms with Crippen molar-refractivity contribution in [3.05, 3.63) is 59.3 Å². The van der Waals surface area contributed by atoms with Crippen LogP contribution in [0.1, 0.15) is 16.8 Å². The number of aromatic nitrogens is 3. The highest BCUT2D eigenvalue weighted by atomic mass is 35.5. The molecule has 0 saturated carbocycles. The summed E-state index contributed by atoms with van der Waals surface area (Å²) in [6.07, 6.45) is 4.46. The molecule has 152 valence electrons. The molecule has 2 heterocycles. The lowest BCUT2D eigenvalue weighted by atomic mass is 10.2. The standard InChI is InChI=1S/C20H16ClFN6O2/c1-30-17-11-26-18(13-9-12(21)3-4-15(13)22)28-19(17)27-16-5-8-24-10-14(16)20(29)25-7-2-6-23/h3-5,8-11H,2,7H2,1H3,(H,25,29)(H,24,26,27,28). The minimum Gasteiger partial charge on any atom is -0.491 e. The predicted octanol–water partition coefficient (Wildman–Crippen LogP) is 3.73. The van der Waals surface area contributed by atoms with Crippen molar-refractivity contribution in [2.45, 2.75) is 6.42 Å². The summed E-state index contributed by atoms with van der Waals surface area (Å²) in [5.41, 5.74) is 0.762. The molecule has 0 spiro atoms. The lowest BCUT2D eigenvalue weighted by molar-refractivity contribution is 0.0955. The monoisotopic (exact) mass is 426 g/mol. The van der Waals surface area contributed by atoms with E-state index in [0.29, 0.717) is 10.7 Å². The van der Waals surface area contributed by atoms with Crippen LogP contribution in [0.4, 0.5) is 15.9 Å². The molecule has 0 saturated heterocycles. The molecule has 1 aromatic carbocycles. The number of hydrogen-bond acceptors (Lipinski definition) is 7. The van der Waals surface area contributed by atoms with Gasteiger partial charge < -0.3 is 15.4 Å². The average Bonchev–Trinajstić information content (AvgIpc) is 2.76. The van der Waals surface area contributed by atoms with Crippen molar-refractivity contribution in [1.82, 2.24) is 20.3 Å². The van der Waals surface area contributed by atoms with Gasteiger partial charge >= 0.3 is 0 Å². The van der Waals surface area contributed by atoms with E-state index in [1.165, 1.54) is 43.9 Å². The molecule has 0 atom stereocenters. The number of carbonyl (C=O) groups is 1. The van der Waals surface area contributed by atoms with Crippen LogP contribution in [-0.2, 0) is 0 Å². The van der Waals surface area contributed by atoms with Crippen molar-refractivity contribution < 1.29 is 13.9 Å². The van der Waals surface area contributed by atoms with Crippen molar-refractivity contribution in [3.63, 3.8) is 0 Å². The molecule has 0 aliphatic heterocycles. The minimum absolute atomic E-state index is 0.0902. The number of rotatable bonds is 7. The van der Waals surface area contributed by atoms with E-state index < -0.39 is 11.7 Å². The summed E-state index contributed by atoms with van der Waals surface area (Å²) in [7, 11) is 1.44. The first-order valence-corrected chi connectivity index (χ1v) is 9.14. The Morgan fingerprint density at radius 3 is 2.93 bits per heavy atom. The molecule has 0 aliphatic rings. The quantitative estimate of drug-likeness (QED) is 0.553. The van der Waals surface area contributed by atoms with Gasteiger partial charge in [-0.2, -0.15) is 5.26 Å². The van der Waals surface area contributed by atoms with Crippen LogP contribution in [0.2, 0.25) is 5.02 Å². The number of nitrogens with one attached hydrogen (secondary N) is 2. The fourth-order valence-corrected chi connectivity index (χ4v) is 2.72. The van der Waals surface area contributed by atoms with E-state index in [0.717, 1.165) is 0 Å². The molecular weight excluding hydrogens is 411 g/mol. The molecule has 0 fully saturated rings. The summed E-state index contributed by atoms with van der Waals surface area (Å²) in [4.78, 5) is 24.9. The van der Waals surface area contributed by atoms with Crippen LogP contribution < -0.4 is 15.4 Å². The molecule has 30 heavy (non-hydrogen) atoms. The molecule has 10 heteroatoms. The number of hydrogen-bond donors (Lipinski definition) is 2. The number of halogens is 2. The van der Waals surface area contributed by atoms with Gasteiger partial charge in [0.2, 0.25) is 0 Å². The zero-order valence-electron chi connectivity index (χ0n) is 15.8. The maximum atomic E-state index is 14.2. The van der Waals surface area contributed by atoms with E-state index in [4.69, 9.17) is 21.6 Å². The third kappa shape index (κ3) is 4.79. The molecule has 0 radical (unpaired) electrons. The highest BCUT2D eigenvalue weighted by Gasteiger charge is 2.17. The van der Waals surface area contributed by atoms with Crippen molar-refractivity contribution in [3.8, 4) is 23.2 Å². The Bertz CT molecular complexity index is 1120. The first-order chi connectivity index (χ1) is 14.5. The summed E-state index contributed by atoms with van der Waals surface area (Å²) >= 11 is 5.97. The number of methoxy groups -OCH3 is 1. The van der Waals surface area contributed by atoms with Crippen LogP contribution in [0, 0.1) is 17.1 Å². The normalized spacial score (nSPS) is 10.2. The summed E-state index contributed by atoms with van der Waals surface area (Å²) in [5.74, 6) is -0.340. The van der Waals surface area contributed by atoms with Crippen molar-refractivity contribution in [1.29, 1.82) is 5.26 Å². The number of nitriles is 1. The van der Waals surface area contributed by atoms with Crippen LogP contribution in [0.3, 0.4) is 0 Å². The third-order valence-corrected chi connectivity index (χ3v) is 4.22. The molecule has 0 unspecified atom stereocenters. The van der Waals surface area contributed by atoms with Crippen LogP contribution in [0.25, 0.3) is 11.4 Å². The Morgan fingerprint density at radius 2 is 2.17 bits per heavy atom. The van der Waals surface area contributed by atoms with Gasteiger partial charge in [-0.3, -0.25) is 9.78 Å². The molecule has 1 amide bonds. The Morgan fingerprint density at radius 1 is 1.33 bits per heavy atom. The van der Waals surface area contributed by atoms with Crippen LogP contribution >= 0.6 is 11.6 Å². The highest BCUT2D eigenvalue weighted by molar-refractivity contribution is 6.30. The second kappa shape index (κ2) is 9.62. The number of carbonyl (C=O) groups excluding carboxylic acids is 1. The highest BCUT2D eigenvalue weighted by Crippen LogP contribution is 2.30. The van der Waals surface area contributed by atoms with Gasteiger partial charge in [-0.1, -0.05) is 11.6 Å². The SMILES string of the molecule is COc1cnc(-c2cc(Cl)ccc2F)nc1Nc1ccncc1C(=O)NCCC#N. The Labute approximate surface area is 176 Å². The molecule has 2 aromatic heterocycles. The van der Waals surface area contributed by atoms with Crippen LogP contribution in [0.5, 0.6) is 5.75 Å². The summed E-state index contributed by atoms with van der Waals surface area (Å²) in [5, 5.41) is 14.6. The summed E-state index contributed by atoms with van der Waals surface area (Å²) in [6, 6.07) is 7.61.